The lowest BCUT2D eigenvalue weighted by Gasteiger charge is -2.28. The summed E-state index contributed by atoms with van der Waals surface area (Å²) in [5, 5.41) is 3.60. The number of hydrogen-bond donors (Lipinski definition) is 1. The van der Waals surface area contributed by atoms with Gasteiger partial charge in [0.25, 0.3) is 0 Å². The highest BCUT2D eigenvalue weighted by atomic mass is 16.5. The van der Waals surface area contributed by atoms with Gasteiger partial charge in [0.1, 0.15) is 0 Å². The zero-order valence-corrected chi connectivity index (χ0v) is 9.07. The molecule has 15 heavy (non-hydrogen) atoms. The molecule has 0 amide bonds. The second kappa shape index (κ2) is 3.61. The van der Waals surface area contributed by atoms with Crippen LogP contribution in [0.1, 0.15) is 23.9 Å². The number of nitrogens with zero attached hydrogens (tertiary/aromatic N) is 2. The van der Waals surface area contributed by atoms with Crippen LogP contribution in [0.3, 0.4) is 0 Å². The maximum Gasteiger partial charge on any atom is 0.0949 e. The Hall–Kier alpha value is -0.870. The molecule has 4 heteroatoms. The van der Waals surface area contributed by atoms with Crippen molar-refractivity contribution < 1.29 is 4.74 Å². The molecule has 0 spiro atoms. The minimum atomic E-state index is 0.448. The number of nitrogens with one attached hydrogen (secondary N) is 1. The molecule has 3 rings (SSSR count). The third-order valence-electron chi connectivity index (χ3n) is 3.52. The van der Waals surface area contributed by atoms with E-state index in [2.05, 4.69) is 21.9 Å². The maximum absolute atomic E-state index is 5.47. The van der Waals surface area contributed by atoms with Crippen molar-refractivity contribution >= 4 is 0 Å². The average Bonchev–Trinajstić information content (AvgIpc) is 2.88. The number of hydrogen-bond acceptors (Lipinski definition) is 3. The monoisotopic (exact) mass is 207 g/mol. The fourth-order valence-electron chi connectivity index (χ4n) is 2.73. The van der Waals surface area contributed by atoms with Crippen LogP contribution in [0, 0.1) is 5.92 Å². The number of aromatic nitrogens is 2. The fourth-order valence-corrected chi connectivity index (χ4v) is 2.73. The summed E-state index contributed by atoms with van der Waals surface area (Å²) in [4.78, 5) is 4.46. The van der Waals surface area contributed by atoms with Crippen molar-refractivity contribution in [3.63, 3.8) is 0 Å². The maximum atomic E-state index is 5.47. The Balaban J connectivity index is 1.93. The number of ether oxygens (including phenoxy) is 1. The average molecular weight is 207 g/mol. The molecule has 1 saturated heterocycles. The van der Waals surface area contributed by atoms with Crippen molar-refractivity contribution in [2.24, 2.45) is 13.0 Å². The van der Waals surface area contributed by atoms with E-state index in [-0.39, 0.29) is 0 Å². The Kier molecular flexibility index (Phi) is 2.25. The van der Waals surface area contributed by atoms with Crippen LogP contribution >= 0.6 is 0 Å². The lowest BCUT2D eigenvalue weighted by Crippen LogP contribution is -2.36. The van der Waals surface area contributed by atoms with Crippen molar-refractivity contribution in [2.75, 3.05) is 19.8 Å². The normalized spacial score (nSPS) is 30.5. The van der Waals surface area contributed by atoms with Crippen LogP contribution in [0.25, 0.3) is 0 Å². The summed E-state index contributed by atoms with van der Waals surface area (Å²) in [6.07, 6.45) is 4.16. The minimum Gasteiger partial charge on any atom is -0.381 e. The zero-order valence-electron chi connectivity index (χ0n) is 9.07. The highest BCUT2D eigenvalue weighted by molar-refractivity contribution is 5.22. The SMILES string of the molecule is Cn1cnc2c1C(C1CCOC1)NCC2. The molecule has 1 fully saturated rings. The summed E-state index contributed by atoms with van der Waals surface area (Å²) in [6.45, 7) is 2.85. The van der Waals surface area contributed by atoms with Gasteiger partial charge in [-0.05, 0) is 6.42 Å². The smallest absolute Gasteiger partial charge is 0.0949 e. The second-order valence-electron chi connectivity index (χ2n) is 4.49. The van der Waals surface area contributed by atoms with Crippen LogP contribution in [-0.2, 0) is 18.2 Å². The molecule has 2 aliphatic heterocycles. The van der Waals surface area contributed by atoms with Crippen molar-refractivity contribution in [1.82, 2.24) is 14.9 Å². The Morgan fingerprint density at radius 2 is 2.53 bits per heavy atom. The number of imidazole rings is 1. The molecule has 0 saturated carbocycles. The molecule has 0 bridgehead atoms. The number of rotatable bonds is 1. The lowest BCUT2D eigenvalue weighted by molar-refractivity contribution is 0.174. The molecular weight excluding hydrogens is 190 g/mol. The highest BCUT2D eigenvalue weighted by Crippen LogP contribution is 2.32. The minimum absolute atomic E-state index is 0.448. The van der Waals surface area contributed by atoms with E-state index in [1.165, 1.54) is 17.8 Å². The molecule has 2 atom stereocenters. The van der Waals surface area contributed by atoms with Crippen molar-refractivity contribution in [2.45, 2.75) is 18.9 Å². The van der Waals surface area contributed by atoms with Crippen LogP contribution in [-0.4, -0.2) is 29.3 Å². The molecule has 2 unspecified atom stereocenters. The first-order valence-corrected chi connectivity index (χ1v) is 5.67. The molecule has 1 N–H and O–H groups in total. The molecular formula is C11H17N3O. The molecule has 0 aliphatic carbocycles. The summed E-state index contributed by atoms with van der Waals surface area (Å²) in [5.41, 5.74) is 2.64. The molecule has 1 aromatic rings. The first-order chi connectivity index (χ1) is 7.36. The van der Waals surface area contributed by atoms with Crippen LogP contribution in [0.15, 0.2) is 6.33 Å². The largest absolute Gasteiger partial charge is 0.381 e. The van der Waals surface area contributed by atoms with E-state index in [0.29, 0.717) is 12.0 Å². The van der Waals surface area contributed by atoms with Gasteiger partial charge in [-0.2, -0.15) is 0 Å². The van der Waals surface area contributed by atoms with Crippen molar-refractivity contribution in [3.8, 4) is 0 Å². The van der Waals surface area contributed by atoms with Crippen LogP contribution in [0.5, 0.6) is 0 Å². The summed E-state index contributed by atoms with van der Waals surface area (Å²) in [6, 6.07) is 0.448. The zero-order chi connectivity index (χ0) is 10.3. The Labute approximate surface area is 89.6 Å². The van der Waals surface area contributed by atoms with Gasteiger partial charge in [0, 0.05) is 32.5 Å². The Morgan fingerprint density at radius 3 is 3.33 bits per heavy atom. The van der Waals surface area contributed by atoms with Gasteiger partial charge in [-0.15, -0.1) is 0 Å². The van der Waals surface area contributed by atoms with Gasteiger partial charge < -0.3 is 14.6 Å². The third-order valence-corrected chi connectivity index (χ3v) is 3.52. The Morgan fingerprint density at radius 1 is 1.60 bits per heavy atom. The van der Waals surface area contributed by atoms with Crippen LogP contribution < -0.4 is 5.32 Å². The van der Waals surface area contributed by atoms with Gasteiger partial charge in [-0.3, -0.25) is 0 Å². The van der Waals surface area contributed by atoms with E-state index in [1.807, 2.05) is 6.33 Å². The first kappa shape index (κ1) is 9.36. The van der Waals surface area contributed by atoms with Gasteiger partial charge in [-0.1, -0.05) is 0 Å². The number of fused-ring (bicyclic) bond motifs is 1. The fraction of sp³-hybridized carbons (Fsp3) is 0.727. The third kappa shape index (κ3) is 1.48. The first-order valence-electron chi connectivity index (χ1n) is 5.67. The highest BCUT2D eigenvalue weighted by Gasteiger charge is 2.32. The van der Waals surface area contributed by atoms with Gasteiger partial charge in [0.2, 0.25) is 0 Å². The summed E-state index contributed by atoms with van der Waals surface area (Å²) < 4.78 is 7.63. The van der Waals surface area contributed by atoms with E-state index in [1.54, 1.807) is 0 Å². The van der Waals surface area contributed by atoms with Gasteiger partial charge >= 0.3 is 0 Å². The van der Waals surface area contributed by atoms with Crippen LogP contribution in [0.2, 0.25) is 0 Å². The molecule has 3 heterocycles. The van der Waals surface area contributed by atoms with Gasteiger partial charge in [0.05, 0.1) is 30.4 Å². The van der Waals surface area contributed by atoms with Gasteiger partial charge in [0.15, 0.2) is 0 Å². The van der Waals surface area contributed by atoms with E-state index < -0.39 is 0 Å². The quantitative estimate of drug-likeness (QED) is 0.734. The van der Waals surface area contributed by atoms with E-state index in [0.717, 1.165) is 26.2 Å². The predicted octanol–water partition coefficient (Wildman–Crippen LogP) is 0.643. The molecule has 0 aromatic carbocycles. The standard InChI is InChI=1S/C11H17N3O/c1-14-7-13-9-2-4-12-10(11(9)14)8-3-5-15-6-8/h7-8,10,12H,2-6H2,1H3. The summed E-state index contributed by atoms with van der Waals surface area (Å²) in [7, 11) is 2.08. The van der Waals surface area contributed by atoms with E-state index in [4.69, 9.17) is 4.74 Å². The van der Waals surface area contributed by atoms with E-state index in [9.17, 15) is 0 Å². The summed E-state index contributed by atoms with van der Waals surface area (Å²) >= 11 is 0. The lowest BCUT2D eigenvalue weighted by atomic mass is 9.92. The molecule has 1 aromatic heterocycles. The topological polar surface area (TPSA) is 39.1 Å². The van der Waals surface area contributed by atoms with E-state index >= 15 is 0 Å². The summed E-state index contributed by atoms with van der Waals surface area (Å²) in [5.74, 6) is 0.624. The predicted molar refractivity (Wildman–Crippen MR) is 56.6 cm³/mol. The van der Waals surface area contributed by atoms with Crippen LogP contribution in [0.4, 0.5) is 0 Å². The van der Waals surface area contributed by atoms with Gasteiger partial charge in [-0.25, -0.2) is 4.98 Å². The molecule has 4 nitrogen and oxygen atoms in total. The van der Waals surface area contributed by atoms with Crippen molar-refractivity contribution in [1.29, 1.82) is 0 Å². The molecule has 82 valence electrons. The Bertz CT molecular complexity index is 355. The second-order valence-corrected chi connectivity index (χ2v) is 4.49. The molecule has 0 radical (unpaired) electrons. The van der Waals surface area contributed by atoms with Crippen molar-refractivity contribution in [3.05, 3.63) is 17.7 Å². The molecule has 2 aliphatic rings. The number of aryl methyl sites for hydroxylation is 1.